The molecule has 3 aromatic rings. The molecule has 23 heavy (non-hydrogen) atoms. The Bertz CT molecular complexity index is 942. The molecule has 0 bridgehead atoms. The molecule has 0 saturated heterocycles. The number of H-pyrrole nitrogens is 1. The summed E-state index contributed by atoms with van der Waals surface area (Å²) in [5, 5.41) is 5.53. The van der Waals surface area contributed by atoms with Crippen LogP contribution in [0.2, 0.25) is 0 Å². The quantitative estimate of drug-likeness (QED) is 0.679. The van der Waals surface area contributed by atoms with E-state index >= 15 is 0 Å². The van der Waals surface area contributed by atoms with Crippen molar-refractivity contribution in [2.45, 2.75) is 13.5 Å². The number of nitrogens with zero attached hydrogens (tertiary/aromatic N) is 2. The molecule has 1 aromatic carbocycles. The van der Waals surface area contributed by atoms with Gasteiger partial charge in [0.15, 0.2) is 5.13 Å². The third-order valence-corrected chi connectivity index (χ3v) is 4.10. The predicted octanol–water partition coefficient (Wildman–Crippen LogP) is 2.01. The van der Waals surface area contributed by atoms with Crippen LogP contribution < -0.4 is 22.3 Å². The third kappa shape index (κ3) is 2.88. The molecular formula is C15H15N5O2S. The van der Waals surface area contributed by atoms with Gasteiger partial charge in [-0.3, -0.25) is 14.3 Å². The second-order valence-electron chi connectivity index (χ2n) is 4.79. The molecule has 0 aliphatic carbocycles. The number of nitrogens with two attached hydrogens (primary N) is 1. The number of benzene rings is 1. The van der Waals surface area contributed by atoms with Gasteiger partial charge in [0.2, 0.25) is 0 Å². The SMILES string of the molecule is CCn1c(N)c(-c2csc(Nc3ccccc3)n2)c(=O)[nH]c1=O. The van der Waals surface area contributed by atoms with E-state index < -0.39 is 11.2 Å². The molecule has 7 nitrogen and oxygen atoms in total. The first kappa shape index (κ1) is 15.0. The zero-order valence-electron chi connectivity index (χ0n) is 12.4. The summed E-state index contributed by atoms with van der Waals surface area (Å²) in [4.78, 5) is 30.5. The molecule has 0 aliphatic rings. The second kappa shape index (κ2) is 6.09. The van der Waals surface area contributed by atoms with Crippen LogP contribution >= 0.6 is 11.3 Å². The van der Waals surface area contributed by atoms with E-state index in [0.717, 1.165) is 5.69 Å². The first-order valence-electron chi connectivity index (χ1n) is 7.00. The summed E-state index contributed by atoms with van der Waals surface area (Å²) in [6, 6.07) is 9.58. The number of aromatic nitrogens is 3. The average Bonchev–Trinajstić information content (AvgIpc) is 2.96. The van der Waals surface area contributed by atoms with Crippen molar-refractivity contribution in [2.75, 3.05) is 11.1 Å². The van der Waals surface area contributed by atoms with Crippen LogP contribution in [-0.4, -0.2) is 14.5 Å². The lowest BCUT2D eigenvalue weighted by Gasteiger charge is -2.08. The molecule has 8 heteroatoms. The van der Waals surface area contributed by atoms with E-state index in [1.54, 1.807) is 12.3 Å². The summed E-state index contributed by atoms with van der Waals surface area (Å²) in [7, 11) is 0. The molecule has 0 aliphatic heterocycles. The first-order valence-corrected chi connectivity index (χ1v) is 7.88. The van der Waals surface area contributed by atoms with Crippen LogP contribution in [0.3, 0.4) is 0 Å². The standard InChI is InChI=1S/C15H15N5O2S/c1-2-20-12(16)11(13(21)19-15(20)22)10-8-23-14(18-10)17-9-6-4-3-5-7-9/h3-8H,2,16H2,1H3,(H,17,18)(H,19,21,22). The van der Waals surface area contributed by atoms with Crippen molar-refractivity contribution in [1.29, 1.82) is 0 Å². The molecule has 118 valence electrons. The van der Waals surface area contributed by atoms with Gasteiger partial charge in [0.05, 0.1) is 5.69 Å². The number of nitrogens with one attached hydrogen (secondary N) is 2. The fourth-order valence-electron chi connectivity index (χ4n) is 2.24. The smallest absolute Gasteiger partial charge is 0.329 e. The van der Waals surface area contributed by atoms with Crippen molar-refractivity contribution in [3.8, 4) is 11.3 Å². The Morgan fingerprint density at radius 1 is 1.30 bits per heavy atom. The molecule has 3 rings (SSSR count). The van der Waals surface area contributed by atoms with Gasteiger partial charge >= 0.3 is 5.69 Å². The van der Waals surface area contributed by atoms with Crippen molar-refractivity contribution in [1.82, 2.24) is 14.5 Å². The average molecular weight is 329 g/mol. The zero-order chi connectivity index (χ0) is 16.4. The molecule has 0 radical (unpaired) electrons. The van der Waals surface area contributed by atoms with Crippen molar-refractivity contribution in [3.05, 3.63) is 56.5 Å². The number of rotatable bonds is 4. The van der Waals surface area contributed by atoms with Gasteiger partial charge in [0, 0.05) is 17.6 Å². The van der Waals surface area contributed by atoms with Gasteiger partial charge in [-0.05, 0) is 19.1 Å². The van der Waals surface area contributed by atoms with Gasteiger partial charge in [-0.1, -0.05) is 18.2 Å². The van der Waals surface area contributed by atoms with Crippen molar-refractivity contribution in [2.24, 2.45) is 0 Å². The molecular weight excluding hydrogens is 314 g/mol. The maximum atomic E-state index is 12.1. The Labute approximate surface area is 135 Å². The van der Waals surface area contributed by atoms with Gasteiger partial charge in [0.25, 0.3) is 5.56 Å². The minimum absolute atomic E-state index is 0.123. The van der Waals surface area contributed by atoms with Crippen LogP contribution in [0.15, 0.2) is 45.3 Å². The van der Waals surface area contributed by atoms with E-state index in [0.29, 0.717) is 17.4 Å². The van der Waals surface area contributed by atoms with Gasteiger partial charge in [-0.2, -0.15) is 0 Å². The monoisotopic (exact) mass is 329 g/mol. The minimum atomic E-state index is -0.534. The lowest BCUT2D eigenvalue weighted by molar-refractivity contribution is 0.706. The zero-order valence-corrected chi connectivity index (χ0v) is 13.2. The topological polar surface area (TPSA) is 106 Å². The summed E-state index contributed by atoms with van der Waals surface area (Å²) in [6.07, 6.45) is 0. The van der Waals surface area contributed by atoms with Crippen LogP contribution in [-0.2, 0) is 6.54 Å². The highest BCUT2D eigenvalue weighted by molar-refractivity contribution is 7.14. The Morgan fingerprint density at radius 2 is 2.04 bits per heavy atom. The van der Waals surface area contributed by atoms with E-state index in [1.807, 2.05) is 30.3 Å². The summed E-state index contributed by atoms with van der Waals surface area (Å²) in [6.45, 7) is 2.15. The fraction of sp³-hybridized carbons (Fsp3) is 0.133. The highest BCUT2D eigenvalue weighted by Crippen LogP contribution is 2.27. The molecule has 0 spiro atoms. The number of anilines is 3. The summed E-state index contributed by atoms with van der Waals surface area (Å²) in [5.41, 5.74) is 6.47. The minimum Gasteiger partial charge on any atom is -0.384 e. The van der Waals surface area contributed by atoms with E-state index in [2.05, 4.69) is 15.3 Å². The van der Waals surface area contributed by atoms with E-state index in [9.17, 15) is 9.59 Å². The van der Waals surface area contributed by atoms with Crippen LogP contribution in [0.25, 0.3) is 11.3 Å². The van der Waals surface area contributed by atoms with E-state index in [1.165, 1.54) is 15.9 Å². The molecule has 2 aromatic heterocycles. The highest BCUT2D eigenvalue weighted by Gasteiger charge is 2.16. The molecule has 4 N–H and O–H groups in total. The summed E-state index contributed by atoms with van der Waals surface area (Å²) in [5.74, 6) is 0.123. The maximum absolute atomic E-state index is 12.1. The molecule has 0 amide bonds. The fourth-order valence-corrected chi connectivity index (χ4v) is 2.96. The number of aromatic amines is 1. The number of nitrogen functional groups attached to an aromatic ring is 1. The number of para-hydroxylation sites is 1. The molecule has 2 heterocycles. The first-order chi connectivity index (χ1) is 11.1. The Morgan fingerprint density at radius 3 is 2.74 bits per heavy atom. The lowest BCUT2D eigenvalue weighted by Crippen LogP contribution is -2.32. The summed E-state index contributed by atoms with van der Waals surface area (Å²) >= 11 is 1.36. The number of thiazole rings is 1. The van der Waals surface area contributed by atoms with Crippen LogP contribution in [0.1, 0.15) is 6.92 Å². The van der Waals surface area contributed by atoms with E-state index in [-0.39, 0.29) is 11.4 Å². The van der Waals surface area contributed by atoms with E-state index in [4.69, 9.17) is 5.73 Å². The molecule has 0 unspecified atom stereocenters. The van der Waals surface area contributed by atoms with Crippen LogP contribution in [0.4, 0.5) is 16.6 Å². The lowest BCUT2D eigenvalue weighted by atomic mass is 10.2. The third-order valence-electron chi connectivity index (χ3n) is 3.34. The number of hydrogen-bond acceptors (Lipinski definition) is 6. The molecule has 0 fully saturated rings. The Hall–Kier alpha value is -2.87. The van der Waals surface area contributed by atoms with Crippen LogP contribution in [0, 0.1) is 0 Å². The Balaban J connectivity index is 2.01. The summed E-state index contributed by atoms with van der Waals surface area (Å²) < 4.78 is 1.31. The molecule has 0 atom stereocenters. The van der Waals surface area contributed by atoms with Crippen LogP contribution in [0.5, 0.6) is 0 Å². The van der Waals surface area contributed by atoms with Gasteiger partial charge < -0.3 is 11.1 Å². The van der Waals surface area contributed by atoms with Gasteiger partial charge in [-0.25, -0.2) is 9.78 Å². The van der Waals surface area contributed by atoms with Crippen molar-refractivity contribution >= 4 is 28.0 Å². The van der Waals surface area contributed by atoms with Gasteiger partial charge in [0.1, 0.15) is 11.4 Å². The van der Waals surface area contributed by atoms with Crippen molar-refractivity contribution < 1.29 is 0 Å². The largest absolute Gasteiger partial charge is 0.384 e. The predicted molar refractivity (Wildman–Crippen MR) is 92.2 cm³/mol. The molecule has 0 saturated carbocycles. The van der Waals surface area contributed by atoms with Gasteiger partial charge in [-0.15, -0.1) is 11.3 Å². The number of hydrogen-bond donors (Lipinski definition) is 3. The van der Waals surface area contributed by atoms with Crippen molar-refractivity contribution in [3.63, 3.8) is 0 Å². The highest BCUT2D eigenvalue weighted by atomic mass is 32.1. The normalized spacial score (nSPS) is 10.7. The Kier molecular flexibility index (Phi) is 3.98. The second-order valence-corrected chi connectivity index (χ2v) is 5.65. The maximum Gasteiger partial charge on any atom is 0.329 e.